The van der Waals surface area contributed by atoms with Gasteiger partial charge in [-0.1, -0.05) is 0 Å². The number of hydrogen-bond acceptors (Lipinski definition) is 5. The molecule has 1 aromatic carbocycles. The van der Waals surface area contributed by atoms with Gasteiger partial charge < -0.3 is 15.2 Å². The summed E-state index contributed by atoms with van der Waals surface area (Å²) in [5, 5.41) is 15.3. The number of amides is 1. The molecule has 0 bridgehead atoms. The maximum absolute atomic E-state index is 11.9. The molecule has 0 unspecified atom stereocenters. The molecule has 6 heteroatoms. The van der Waals surface area contributed by atoms with E-state index in [0.717, 1.165) is 5.01 Å². The second kappa shape index (κ2) is 6.19. The fraction of sp³-hybridized carbons (Fsp3) is 0.231. The molecule has 2 aromatic rings. The van der Waals surface area contributed by atoms with Crippen molar-refractivity contribution < 1.29 is 14.6 Å². The normalized spacial score (nSPS) is 10.2. The highest BCUT2D eigenvalue weighted by atomic mass is 32.1. The van der Waals surface area contributed by atoms with E-state index in [1.54, 1.807) is 23.6 Å². The second-order valence-corrected chi connectivity index (χ2v) is 4.79. The summed E-state index contributed by atoms with van der Waals surface area (Å²) in [5.74, 6) is 0.142. The molecule has 0 radical (unpaired) electrons. The van der Waals surface area contributed by atoms with Gasteiger partial charge in [-0.2, -0.15) is 0 Å². The van der Waals surface area contributed by atoms with Crippen molar-refractivity contribution in [1.29, 1.82) is 0 Å². The maximum Gasteiger partial charge on any atom is 0.255 e. The molecule has 1 amide bonds. The molecule has 0 aliphatic heterocycles. The van der Waals surface area contributed by atoms with Crippen LogP contribution < -0.4 is 10.1 Å². The molecule has 2 N–H and O–H groups in total. The highest BCUT2D eigenvalue weighted by Crippen LogP contribution is 2.22. The molecule has 19 heavy (non-hydrogen) atoms. The number of phenolic OH excluding ortho intramolecular Hbond substituents is 1. The molecule has 5 nitrogen and oxygen atoms in total. The number of thiazole rings is 1. The first-order valence-corrected chi connectivity index (χ1v) is 6.62. The number of aromatic hydroxyl groups is 1. The lowest BCUT2D eigenvalue weighted by Gasteiger charge is -2.07. The Morgan fingerprint density at radius 3 is 3.05 bits per heavy atom. The third-order valence-electron chi connectivity index (χ3n) is 2.56. The average Bonchev–Trinajstić information content (AvgIpc) is 2.92. The van der Waals surface area contributed by atoms with Crippen LogP contribution in [0.4, 0.5) is 0 Å². The standard InChI is InChI=1S/C13H14N2O3S/c1-18-9-2-3-11(16)10(8-9)13(17)15-5-4-12-14-6-7-19-12/h2-3,6-8,16H,4-5H2,1H3,(H,15,17). The molecule has 0 saturated heterocycles. The van der Waals surface area contributed by atoms with Gasteiger partial charge in [0, 0.05) is 24.5 Å². The molecule has 0 fully saturated rings. The van der Waals surface area contributed by atoms with Crippen molar-refractivity contribution in [1.82, 2.24) is 10.3 Å². The minimum atomic E-state index is -0.326. The van der Waals surface area contributed by atoms with Gasteiger partial charge in [-0.15, -0.1) is 11.3 Å². The third kappa shape index (κ3) is 3.45. The van der Waals surface area contributed by atoms with E-state index in [9.17, 15) is 9.90 Å². The summed E-state index contributed by atoms with van der Waals surface area (Å²) in [6.45, 7) is 0.475. The maximum atomic E-state index is 11.9. The van der Waals surface area contributed by atoms with Crippen molar-refractivity contribution in [2.24, 2.45) is 0 Å². The van der Waals surface area contributed by atoms with Gasteiger partial charge in [0.2, 0.25) is 0 Å². The minimum absolute atomic E-state index is 0.0625. The topological polar surface area (TPSA) is 71.5 Å². The fourth-order valence-electron chi connectivity index (χ4n) is 1.58. The van der Waals surface area contributed by atoms with Crippen molar-refractivity contribution >= 4 is 17.2 Å². The van der Waals surface area contributed by atoms with E-state index in [4.69, 9.17) is 4.74 Å². The molecule has 1 aromatic heterocycles. The van der Waals surface area contributed by atoms with Gasteiger partial charge in [0.25, 0.3) is 5.91 Å². The number of aromatic nitrogens is 1. The zero-order valence-corrected chi connectivity index (χ0v) is 11.2. The van der Waals surface area contributed by atoms with E-state index in [1.165, 1.54) is 19.2 Å². The van der Waals surface area contributed by atoms with Crippen molar-refractivity contribution in [2.45, 2.75) is 6.42 Å². The number of phenols is 1. The summed E-state index contributed by atoms with van der Waals surface area (Å²) in [4.78, 5) is 16.0. The predicted molar refractivity (Wildman–Crippen MR) is 72.8 cm³/mol. The molecule has 0 atom stereocenters. The number of carbonyl (C=O) groups is 1. The Balaban J connectivity index is 1.95. The van der Waals surface area contributed by atoms with Crippen molar-refractivity contribution in [2.75, 3.05) is 13.7 Å². The monoisotopic (exact) mass is 278 g/mol. The van der Waals surface area contributed by atoms with E-state index in [-0.39, 0.29) is 17.2 Å². The highest BCUT2D eigenvalue weighted by Gasteiger charge is 2.12. The number of nitrogens with zero attached hydrogens (tertiary/aromatic N) is 1. The van der Waals surface area contributed by atoms with Crippen LogP contribution in [0.3, 0.4) is 0 Å². The van der Waals surface area contributed by atoms with E-state index >= 15 is 0 Å². The zero-order valence-electron chi connectivity index (χ0n) is 10.4. The fourth-order valence-corrected chi connectivity index (χ4v) is 2.20. The number of methoxy groups -OCH3 is 1. The van der Waals surface area contributed by atoms with Gasteiger partial charge in [0.1, 0.15) is 11.5 Å². The SMILES string of the molecule is COc1ccc(O)c(C(=O)NCCc2nccs2)c1. The first-order valence-electron chi connectivity index (χ1n) is 5.74. The first kappa shape index (κ1) is 13.4. The van der Waals surface area contributed by atoms with Crippen LogP contribution in [0.5, 0.6) is 11.5 Å². The van der Waals surface area contributed by atoms with Gasteiger partial charge in [0.15, 0.2) is 0 Å². The van der Waals surface area contributed by atoms with E-state index < -0.39 is 0 Å². The molecule has 2 rings (SSSR count). The number of carbonyl (C=O) groups excluding carboxylic acids is 1. The lowest BCUT2D eigenvalue weighted by Crippen LogP contribution is -2.25. The Morgan fingerprint density at radius 2 is 2.37 bits per heavy atom. The van der Waals surface area contributed by atoms with Crippen LogP contribution >= 0.6 is 11.3 Å². The summed E-state index contributed by atoms with van der Waals surface area (Å²) >= 11 is 1.55. The van der Waals surface area contributed by atoms with Crippen LogP contribution in [0.2, 0.25) is 0 Å². The number of benzene rings is 1. The molecule has 1 heterocycles. The van der Waals surface area contributed by atoms with Crippen LogP contribution in [-0.4, -0.2) is 29.7 Å². The Hall–Kier alpha value is -2.08. The zero-order chi connectivity index (χ0) is 13.7. The number of rotatable bonds is 5. The molecule has 100 valence electrons. The van der Waals surface area contributed by atoms with Crippen molar-refractivity contribution in [3.63, 3.8) is 0 Å². The van der Waals surface area contributed by atoms with Gasteiger partial charge in [-0.3, -0.25) is 4.79 Å². The molecule has 0 saturated carbocycles. The van der Waals surface area contributed by atoms with Crippen LogP contribution in [-0.2, 0) is 6.42 Å². The van der Waals surface area contributed by atoms with Gasteiger partial charge >= 0.3 is 0 Å². The second-order valence-electron chi connectivity index (χ2n) is 3.81. The Morgan fingerprint density at radius 1 is 1.53 bits per heavy atom. The highest BCUT2D eigenvalue weighted by molar-refractivity contribution is 7.09. The lowest BCUT2D eigenvalue weighted by atomic mass is 10.1. The number of nitrogens with one attached hydrogen (secondary N) is 1. The molecular formula is C13H14N2O3S. The molecule has 0 aliphatic rings. The van der Waals surface area contributed by atoms with E-state index in [2.05, 4.69) is 10.3 Å². The average molecular weight is 278 g/mol. The van der Waals surface area contributed by atoms with Crippen molar-refractivity contribution in [3.05, 3.63) is 40.3 Å². The Kier molecular flexibility index (Phi) is 4.35. The largest absolute Gasteiger partial charge is 0.507 e. The first-order chi connectivity index (χ1) is 9.20. The van der Waals surface area contributed by atoms with Crippen molar-refractivity contribution in [3.8, 4) is 11.5 Å². The van der Waals surface area contributed by atoms with Gasteiger partial charge in [-0.25, -0.2) is 4.98 Å². The minimum Gasteiger partial charge on any atom is -0.507 e. The molecule has 0 spiro atoms. The quantitative estimate of drug-likeness (QED) is 0.875. The van der Waals surface area contributed by atoms with Gasteiger partial charge in [0.05, 0.1) is 17.7 Å². The predicted octanol–water partition coefficient (Wildman–Crippen LogP) is 1.83. The number of hydrogen-bond donors (Lipinski definition) is 2. The van der Waals surface area contributed by atoms with Gasteiger partial charge in [-0.05, 0) is 18.2 Å². The Bertz CT molecular complexity index is 555. The summed E-state index contributed by atoms with van der Waals surface area (Å²) in [5.41, 5.74) is 0.207. The summed E-state index contributed by atoms with van der Waals surface area (Å²) in [6.07, 6.45) is 2.41. The van der Waals surface area contributed by atoms with E-state index in [0.29, 0.717) is 18.7 Å². The van der Waals surface area contributed by atoms with Crippen LogP contribution in [0.1, 0.15) is 15.4 Å². The summed E-state index contributed by atoms with van der Waals surface area (Å²) < 4.78 is 5.02. The third-order valence-corrected chi connectivity index (χ3v) is 3.40. The van der Waals surface area contributed by atoms with Crippen LogP contribution in [0.15, 0.2) is 29.8 Å². The smallest absolute Gasteiger partial charge is 0.255 e. The summed E-state index contributed by atoms with van der Waals surface area (Å²) in [7, 11) is 1.51. The Labute approximate surface area is 114 Å². The summed E-state index contributed by atoms with van der Waals surface area (Å²) in [6, 6.07) is 4.55. The van der Waals surface area contributed by atoms with E-state index in [1.807, 2.05) is 5.38 Å². The lowest BCUT2D eigenvalue weighted by molar-refractivity contribution is 0.0951. The van der Waals surface area contributed by atoms with Crippen LogP contribution in [0.25, 0.3) is 0 Å². The molecule has 0 aliphatic carbocycles. The molecular weight excluding hydrogens is 264 g/mol. The van der Waals surface area contributed by atoms with Crippen LogP contribution in [0, 0.1) is 0 Å². The number of ether oxygens (including phenoxy) is 1.